The number of nitrogens with two attached hydrogens (primary N) is 1. The Balaban J connectivity index is 2.56. The van der Waals surface area contributed by atoms with Gasteiger partial charge in [-0.25, -0.2) is 4.98 Å². The minimum atomic E-state index is -3.05. The van der Waals surface area contributed by atoms with Crippen LogP contribution < -0.4 is 5.73 Å². The zero-order valence-electron chi connectivity index (χ0n) is 7.95. The van der Waals surface area contributed by atoms with E-state index in [1.54, 1.807) is 18.2 Å². The van der Waals surface area contributed by atoms with Crippen LogP contribution in [-0.4, -0.2) is 11.5 Å². The quantitative estimate of drug-likeness (QED) is 0.822. The van der Waals surface area contributed by atoms with Gasteiger partial charge in [0.15, 0.2) is 0 Å². The molecule has 0 aliphatic carbocycles. The molecule has 0 atom stereocenters. The van der Waals surface area contributed by atoms with Crippen LogP contribution in [-0.2, 0) is 5.92 Å². The molecule has 2 aromatic rings. The van der Waals surface area contributed by atoms with E-state index in [1.807, 2.05) is 12.1 Å². The van der Waals surface area contributed by atoms with Gasteiger partial charge in [0.05, 0.1) is 12.1 Å². The second-order valence-electron chi connectivity index (χ2n) is 3.30. The fourth-order valence-electron chi connectivity index (χ4n) is 1.37. The summed E-state index contributed by atoms with van der Waals surface area (Å²) < 4.78 is 26.5. The SMILES string of the molecule is NCC(F)(F)c1ccc2ccccc2n1. The van der Waals surface area contributed by atoms with Crippen molar-refractivity contribution in [1.29, 1.82) is 0 Å². The van der Waals surface area contributed by atoms with E-state index in [0.717, 1.165) is 5.39 Å². The molecule has 0 bridgehead atoms. The summed E-state index contributed by atoms with van der Waals surface area (Å²) in [6.45, 7) is -0.724. The van der Waals surface area contributed by atoms with Crippen LogP contribution in [0.25, 0.3) is 10.9 Å². The number of aromatic nitrogens is 1. The van der Waals surface area contributed by atoms with Crippen molar-refractivity contribution >= 4 is 10.9 Å². The molecule has 78 valence electrons. The Morgan fingerprint density at radius 1 is 1.13 bits per heavy atom. The number of hydrogen-bond donors (Lipinski definition) is 1. The monoisotopic (exact) mass is 208 g/mol. The Kier molecular flexibility index (Phi) is 2.36. The van der Waals surface area contributed by atoms with Crippen molar-refractivity contribution in [1.82, 2.24) is 4.98 Å². The first-order valence-electron chi connectivity index (χ1n) is 4.58. The lowest BCUT2D eigenvalue weighted by Crippen LogP contribution is -2.26. The van der Waals surface area contributed by atoms with Gasteiger partial charge in [0.25, 0.3) is 0 Å². The van der Waals surface area contributed by atoms with Crippen LogP contribution in [0.5, 0.6) is 0 Å². The summed E-state index contributed by atoms with van der Waals surface area (Å²) in [4.78, 5) is 3.89. The lowest BCUT2D eigenvalue weighted by atomic mass is 10.1. The number of para-hydroxylation sites is 1. The van der Waals surface area contributed by atoms with Gasteiger partial charge < -0.3 is 5.73 Å². The lowest BCUT2D eigenvalue weighted by molar-refractivity contribution is 0.00171. The van der Waals surface area contributed by atoms with E-state index < -0.39 is 12.5 Å². The molecule has 0 aliphatic heterocycles. The Hall–Kier alpha value is -1.55. The molecule has 0 spiro atoms. The highest BCUT2D eigenvalue weighted by Gasteiger charge is 2.31. The fraction of sp³-hybridized carbons (Fsp3) is 0.182. The molecule has 0 amide bonds. The van der Waals surface area contributed by atoms with E-state index in [1.165, 1.54) is 6.07 Å². The number of pyridine rings is 1. The lowest BCUT2D eigenvalue weighted by Gasteiger charge is -2.13. The molecule has 1 heterocycles. The van der Waals surface area contributed by atoms with Gasteiger partial charge in [-0.3, -0.25) is 0 Å². The molecular weight excluding hydrogens is 198 g/mol. The van der Waals surface area contributed by atoms with E-state index in [4.69, 9.17) is 5.73 Å². The summed E-state index contributed by atoms with van der Waals surface area (Å²) in [5, 5.41) is 0.842. The van der Waals surface area contributed by atoms with Gasteiger partial charge in [-0.1, -0.05) is 24.3 Å². The topological polar surface area (TPSA) is 38.9 Å². The molecule has 4 heteroatoms. The minimum absolute atomic E-state index is 0.274. The van der Waals surface area contributed by atoms with Crippen LogP contribution in [0.3, 0.4) is 0 Å². The van der Waals surface area contributed by atoms with Crippen LogP contribution in [0.4, 0.5) is 8.78 Å². The fourth-order valence-corrected chi connectivity index (χ4v) is 1.37. The molecule has 1 aromatic heterocycles. The minimum Gasteiger partial charge on any atom is -0.325 e. The van der Waals surface area contributed by atoms with Crippen molar-refractivity contribution in [3.8, 4) is 0 Å². The largest absolute Gasteiger partial charge is 0.325 e. The van der Waals surface area contributed by atoms with E-state index in [2.05, 4.69) is 4.98 Å². The Labute approximate surface area is 85.7 Å². The zero-order chi connectivity index (χ0) is 10.9. The van der Waals surface area contributed by atoms with Crippen molar-refractivity contribution in [2.75, 3.05) is 6.54 Å². The molecule has 0 saturated heterocycles. The third kappa shape index (κ3) is 1.80. The maximum Gasteiger partial charge on any atom is 0.301 e. The van der Waals surface area contributed by atoms with Crippen LogP contribution in [0.1, 0.15) is 5.69 Å². The predicted molar refractivity (Wildman–Crippen MR) is 54.7 cm³/mol. The first-order chi connectivity index (χ1) is 7.13. The zero-order valence-corrected chi connectivity index (χ0v) is 7.95. The number of fused-ring (bicyclic) bond motifs is 1. The Morgan fingerprint density at radius 3 is 2.60 bits per heavy atom. The van der Waals surface area contributed by atoms with Gasteiger partial charge in [-0.05, 0) is 12.1 Å². The molecule has 2 N–H and O–H groups in total. The van der Waals surface area contributed by atoms with Crippen LogP contribution in [0.15, 0.2) is 36.4 Å². The summed E-state index contributed by atoms with van der Waals surface area (Å²) in [6, 6.07) is 10.1. The standard InChI is InChI=1S/C11H10F2N2/c12-11(13,7-14)10-6-5-8-3-1-2-4-9(8)15-10/h1-6H,7,14H2. The van der Waals surface area contributed by atoms with E-state index >= 15 is 0 Å². The molecule has 0 saturated carbocycles. The van der Waals surface area contributed by atoms with Gasteiger partial charge in [0, 0.05) is 5.39 Å². The summed E-state index contributed by atoms with van der Waals surface area (Å²) in [5.41, 5.74) is 5.28. The number of halogens is 2. The van der Waals surface area contributed by atoms with Gasteiger partial charge in [-0.2, -0.15) is 8.78 Å². The van der Waals surface area contributed by atoms with Crippen LogP contribution >= 0.6 is 0 Å². The average Bonchev–Trinajstić information content (AvgIpc) is 2.28. The van der Waals surface area contributed by atoms with Crippen LogP contribution in [0.2, 0.25) is 0 Å². The molecular formula is C11H10F2N2. The van der Waals surface area contributed by atoms with E-state index in [-0.39, 0.29) is 5.69 Å². The van der Waals surface area contributed by atoms with Gasteiger partial charge in [-0.15, -0.1) is 0 Å². The number of rotatable bonds is 2. The first kappa shape index (κ1) is 9.98. The van der Waals surface area contributed by atoms with Crippen LogP contribution in [0, 0.1) is 0 Å². The second kappa shape index (κ2) is 3.55. The van der Waals surface area contributed by atoms with Crippen molar-refractivity contribution in [2.24, 2.45) is 5.73 Å². The Morgan fingerprint density at radius 2 is 1.87 bits per heavy atom. The maximum atomic E-state index is 13.2. The molecule has 2 rings (SSSR count). The summed E-state index contributed by atoms with van der Waals surface area (Å²) in [6.07, 6.45) is 0. The highest BCUT2D eigenvalue weighted by Crippen LogP contribution is 2.26. The van der Waals surface area contributed by atoms with Crippen molar-refractivity contribution in [3.63, 3.8) is 0 Å². The first-order valence-corrected chi connectivity index (χ1v) is 4.58. The highest BCUT2D eigenvalue weighted by molar-refractivity contribution is 5.78. The number of benzene rings is 1. The summed E-state index contributed by atoms with van der Waals surface area (Å²) in [7, 11) is 0. The predicted octanol–water partition coefficient (Wildman–Crippen LogP) is 2.29. The van der Waals surface area contributed by atoms with Gasteiger partial charge in [0.1, 0.15) is 5.69 Å². The van der Waals surface area contributed by atoms with E-state index in [9.17, 15) is 8.78 Å². The van der Waals surface area contributed by atoms with Gasteiger partial charge in [0.2, 0.25) is 0 Å². The van der Waals surface area contributed by atoms with Crippen molar-refractivity contribution in [2.45, 2.75) is 5.92 Å². The average molecular weight is 208 g/mol. The van der Waals surface area contributed by atoms with Crippen molar-refractivity contribution < 1.29 is 8.78 Å². The molecule has 0 unspecified atom stereocenters. The molecule has 0 fully saturated rings. The third-order valence-electron chi connectivity index (χ3n) is 2.23. The third-order valence-corrected chi connectivity index (χ3v) is 2.23. The molecule has 0 aliphatic rings. The van der Waals surface area contributed by atoms with Crippen molar-refractivity contribution in [3.05, 3.63) is 42.1 Å². The second-order valence-corrected chi connectivity index (χ2v) is 3.30. The highest BCUT2D eigenvalue weighted by atomic mass is 19.3. The van der Waals surface area contributed by atoms with Gasteiger partial charge >= 0.3 is 5.92 Å². The van der Waals surface area contributed by atoms with E-state index in [0.29, 0.717) is 5.52 Å². The molecule has 1 aromatic carbocycles. The molecule has 15 heavy (non-hydrogen) atoms. The Bertz CT molecular complexity index is 483. The summed E-state index contributed by atoms with van der Waals surface area (Å²) in [5.74, 6) is -3.05. The normalized spacial score (nSPS) is 11.9. The number of hydrogen-bond acceptors (Lipinski definition) is 2. The molecule has 0 radical (unpaired) electrons. The number of nitrogens with zero attached hydrogens (tertiary/aromatic N) is 1. The molecule has 2 nitrogen and oxygen atoms in total. The maximum absolute atomic E-state index is 13.2. The summed E-state index contributed by atoms with van der Waals surface area (Å²) >= 11 is 0. The number of alkyl halides is 2. The smallest absolute Gasteiger partial charge is 0.301 e.